The zero-order valence-corrected chi connectivity index (χ0v) is 13.8. The number of carbonyl (C=O) groups is 1. The van der Waals surface area contributed by atoms with Crippen LogP contribution in [0.15, 0.2) is 6.07 Å². The molecule has 0 aromatic carbocycles. The van der Waals surface area contributed by atoms with E-state index in [-0.39, 0.29) is 17.9 Å². The topological polar surface area (TPSA) is 95.8 Å². The molecule has 2 unspecified atom stereocenters. The third-order valence-electron chi connectivity index (χ3n) is 4.73. The third kappa shape index (κ3) is 3.01. The average Bonchev–Trinajstić information content (AvgIpc) is 3.19. The summed E-state index contributed by atoms with van der Waals surface area (Å²) in [7, 11) is 1.89. The predicted octanol–water partition coefficient (Wildman–Crippen LogP) is 1.32. The van der Waals surface area contributed by atoms with Gasteiger partial charge in [0.1, 0.15) is 5.69 Å². The van der Waals surface area contributed by atoms with Crippen LogP contribution in [-0.4, -0.2) is 43.6 Å². The standard InChI is InChI=1S/C16H23N5O2/c1-9-15(10(2)21(3)20-9)12-7-13(19-18-12)16(23)17-8-11-5-4-6-14(11)22/h7,11,14,22H,4-6,8H2,1-3H3,(H,17,23)(H,18,19). The summed E-state index contributed by atoms with van der Waals surface area (Å²) in [6, 6.07) is 1.75. The minimum atomic E-state index is -0.298. The molecule has 2 aromatic rings. The van der Waals surface area contributed by atoms with Crippen LogP contribution >= 0.6 is 0 Å². The van der Waals surface area contributed by atoms with Crippen LogP contribution in [-0.2, 0) is 7.05 Å². The van der Waals surface area contributed by atoms with Crippen LogP contribution in [0, 0.1) is 19.8 Å². The fraction of sp³-hybridized carbons (Fsp3) is 0.562. The molecule has 2 heterocycles. The van der Waals surface area contributed by atoms with Crippen molar-refractivity contribution in [3.05, 3.63) is 23.1 Å². The van der Waals surface area contributed by atoms with E-state index in [1.807, 2.05) is 20.9 Å². The van der Waals surface area contributed by atoms with Gasteiger partial charge in [-0.25, -0.2) is 0 Å². The number of aliphatic hydroxyl groups is 1. The fourth-order valence-corrected chi connectivity index (χ4v) is 3.28. The van der Waals surface area contributed by atoms with Gasteiger partial charge in [-0.1, -0.05) is 6.42 Å². The van der Waals surface area contributed by atoms with Crippen LogP contribution in [0.25, 0.3) is 11.3 Å². The van der Waals surface area contributed by atoms with Gasteiger partial charge < -0.3 is 10.4 Å². The van der Waals surface area contributed by atoms with Gasteiger partial charge in [0, 0.05) is 30.8 Å². The van der Waals surface area contributed by atoms with Gasteiger partial charge in [0.05, 0.1) is 17.5 Å². The van der Waals surface area contributed by atoms with Gasteiger partial charge in [-0.05, 0) is 32.8 Å². The molecule has 1 fully saturated rings. The zero-order valence-electron chi connectivity index (χ0n) is 13.8. The van der Waals surface area contributed by atoms with Gasteiger partial charge in [0.2, 0.25) is 0 Å². The molecule has 0 spiro atoms. The van der Waals surface area contributed by atoms with E-state index in [4.69, 9.17) is 0 Å². The van der Waals surface area contributed by atoms with Crippen LogP contribution in [0.4, 0.5) is 0 Å². The lowest BCUT2D eigenvalue weighted by Crippen LogP contribution is -2.32. The molecule has 2 atom stereocenters. The lowest BCUT2D eigenvalue weighted by molar-refractivity contribution is 0.0912. The summed E-state index contributed by atoms with van der Waals surface area (Å²) in [4.78, 5) is 12.2. The molecule has 1 aliphatic carbocycles. The van der Waals surface area contributed by atoms with Crippen molar-refractivity contribution < 1.29 is 9.90 Å². The van der Waals surface area contributed by atoms with Gasteiger partial charge >= 0.3 is 0 Å². The molecular formula is C16H23N5O2. The highest BCUT2D eigenvalue weighted by atomic mass is 16.3. The number of aromatic amines is 1. The Balaban J connectivity index is 1.70. The van der Waals surface area contributed by atoms with Crippen molar-refractivity contribution in [3.63, 3.8) is 0 Å². The van der Waals surface area contributed by atoms with Gasteiger partial charge in [-0.15, -0.1) is 0 Å². The molecule has 23 heavy (non-hydrogen) atoms. The summed E-state index contributed by atoms with van der Waals surface area (Å²) in [5.41, 5.74) is 4.00. The monoisotopic (exact) mass is 317 g/mol. The molecule has 7 nitrogen and oxygen atoms in total. The molecule has 7 heteroatoms. The Morgan fingerprint density at radius 2 is 2.26 bits per heavy atom. The van der Waals surface area contributed by atoms with Gasteiger partial charge in [-0.3, -0.25) is 14.6 Å². The molecule has 0 radical (unpaired) electrons. The molecule has 0 bridgehead atoms. The zero-order chi connectivity index (χ0) is 16.6. The normalized spacial score (nSPS) is 20.9. The van der Waals surface area contributed by atoms with E-state index in [1.54, 1.807) is 10.7 Å². The van der Waals surface area contributed by atoms with Gasteiger partial charge in [-0.2, -0.15) is 10.2 Å². The summed E-state index contributed by atoms with van der Waals surface area (Å²) in [5, 5.41) is 24.1. The SMILES string of the molecule is Cc1nn(C)c(C)c1-c1cc(C(=O)NCC2CCCC2O)[nH]n1. The van der Waals surface area contributed by atoms with E-state index in [0.29, 0.717) is 12.2 Å². The number of aryl methyl sites for hydroxylation is 2. The van der Waals surface area contributed by atoms with Crippen molar-refractivity contribution in [2.75, 3.05) is 6.54 Å². The lowest BCUT2D eigenvalue weighted by Gasteiger charge is -2.14. The number of H-pyrrole nitrogens is 1. The molecule has 0 aliphatic heterocycles. The first-order valence-corrected chi connectivity index (χ1v) is 7.99. The van der Waals surface area contributed by atoms with E-state index in [2.05, 4.69) is 20.6 Å². The van der Waals surface area contributed by atoms with E-state index in [1.165, 1.54) is 0 Å². The first kappa shape index (κ1) is 15.7. The Kier molecular flexibility index (Phi) is 4.21. The predicted molar refractivity (Wildman–Crippen MR) is 85.9 cm³/mol. The number of aromatic nitrogens is 4. The average molecular weight is 317 g/mol. The second-order valence-corrected chi connectivity index (χ2v) is 6.30. The van der Waals surface area contributed by atoms with Crippen molar-refractivity contribution in [2.45, 2.75) is 39.2 Å². The molecule has 124 valence electrons. The molecule has 1 saturated carbocycles. The quantitative estimate of drug-likeness (QED) is 0.792. The summed E-state index contributed by atoms with van der Waals surface area (Å²) in [6.45, 7) is 4.41. The summed E-state index contributed by atoms with van der Waals surface area (Å²) in [5.74, 6) is -0.0359. The number of nitrogens with zero attached hydrogens (tertiary/aromatic N) is 3. The Labute approximate surface area is 135 Å². The maximum absolute atomic E-state index is 12.2. The Morgan fingerprint density at radius 1 is 1.48 bits per heavy atom. The fourth-order valence-electron chi connectivity index (χ4n) is 3.28. The number of hydrogen-bond donors (Lipinski definition) is 3. The maximum Gasteiger partial charge on any atom is 0.269 e. The second kappa shape index (κ2) is 6.16. The number of nitrogens with one attached hydrogen (secondary N) is 2. The largest absolute Gasteiger partial charge is 0.393 e. The van der Waals surface area contributed by atoms with E-state index < -0.39 is 0 Å². The number of aliphatic hydroxyl groups excluding tert-OH is 1. The van der Waals surface area contributed by atoms with Gasteiger partial charge in [0.25, 0.3) is 5.91 Å². The number of amides is 1. The summed E-state index contributed by atoms with van der Waals surface area (Å²) >= 11 is 0. The minimum absolute atomic E-state index is 0.157. The van der Waals surface area contributed by atoms with Crippen LogP contribution in [0.1, 0.15) is 41.1 Å². The smallest absolute Gasteiger partial charge is 0.269 e. The molecule has 2 aromatic heterocycles. The Hall–Kier alpha value is -2.15. The van der Waals surface area contributed by atoms with E-state index >= 15 is 0 Å². The van der Waals surface area contributed by atoms with Crippen molar-refractivity contribution in [1.82, 2.24) is 25.3 Å². The van der Waals surface area contributed by atoms with Crippen LogP contribution in [0.3, 0.4) is 0 Å². The Bertz CT molecular complexity index is 718. The van der Waals surface area contributed by atoms with Crippen LogP contribution in [0.5, 0.6) is 0 Å². The molecule has 3 rings (SSSR count). The van der Waals surface area contributed by atoms with Crippen molar-refractivity contribution >= 4 is 5.91 Å². The van der Waals surface area contributed by atoms with E-state index in [9.17, 15) is 9.90 Å². The second-order valence-electron chi connectivity index (χ2n) is 6.30. The lowest BCUT2D eigenvalue weighted by atomic mass is 10.1. The molecule has 3 N–H and O–H groups in total. The van der Waals surface area contributed by atoms with Crippen LogP contribution < -0.4 is 5.32 Å². The highest BCUT2D eigenvalue weighted by Gasteiger charge is 2.26. The first-order chi connectivity index (χ1) is 11.0. The van der Waals surface area contributed by atoms with Crippen molar-refractivity contribution in [2.24, 2.45) is 13.0 Å². The number of rotatable bonds is 4. The summed E-state index contributed by atoms with van der Waals surface area (Å²) in [6.07, 6.45) is 2.52. The van der Waals surface area contributed by atoms with Gasteiger partial charge in [0.15, 0.2) is 0 Å². The highest BCUT2D eigenvalue weighted by Crippen LogP contribution is 2.26. The minimum Gasteiger partial charge on any atom is -0.393 e. The van der Waals surface area contributed by atoms with Crippen molar-refractivity contribution in [3.8, 4) is 11.3 Å². The maximum atomic E-state index is 12.2. The first-order valence-electron chi connectivity index (χ1n) is 7.99. The molecule has 0 saturated heterocycles. The Morgan fingerprint density at radius 3 is 2.87 bits per heavy atom. The highest BCUT2D eigenvalue weighted by molar-refractivity contribution is 5.93. The van der Waals surface area contributed by atoms with Crippen molar-refractivity contribution in [1.29, 1.82) is 0 Å². The van der Waals surface area contributed by atoms with Crippen LogP contribution in [0.2, 0.25) is 0 Å². The molecule has 1 aliphatic rings. The molecule has 1 amide bonds. The number of carbonyl (C=O) groups excluding carboxylic acids is 1. The number of hydrogen-bond acceptors (Lipinski definition) is 4. The third-order valence-corrected chi connectivity index (χ3v) is 4.73. The molecular weight excluding hydrogens is 294 g/mol. The summed E-state index contributed by atoms with van der Waals surface area (Å²) < 4.78 is 1.81. The van der Waals surface area contributed by atoms with E-state index in [0.717, 1.165) is 41.9 Å².